The van der Waals surface area contributed by atoms with Crippen LogP contribution < -0.4 is 11.3 Å². The van der Waals surface area contributed by atoms with Crippen molar-refractivity contribution in [2.24, 2.45) is 0 Å². The van der Waals surface area contributed by atoms with Crippen molar-refractivity contribution in [2.45, 2.75) is 24.5 Å². The Bertz CT molecular complexity index is 883. The third kappa shape index (κ3) is 3.68. The van der Waals surface area contributed by atoms with Crippen molar-refractivity contribution < 1.29 is 23.7 Å². The van der Waals surface area contributed by atoms with Crippen LogP contribution in [0.25, 0.3) is 11.2 Å². The number of H-pyrrole nitrogens is 1. The number of methoxy groups -OCH3 is 1. The lowest BCUT2D eigenvalue weighted by atomic mass is 10.1. The van der Waals surface area contributed by atoms with Gasteiger partial charge in [0, 0.05) is 7.11 Å². The molecule has 0 unspecified atom stereocenters. The smallest absolute Gasteiger partial charge is 0.380 e. The minimum atomic E-state index is -3.77. The van der Waals surface area contributed by atoms with Crippen LogP contribution in [-0.4, -0.2) is 56.7 Å². The lowest BCUT2D eigenvalue weighted by Gasteiger charge is -2.18. The number of hydrogen-bond acceptors (Lipinski definition) is 9. The summed E-state index contributed by atoms with van der Waals surface area (Å²) in [6.07, 6.45) is -6.31. The Morgan fingerprint density at radius 1 is 1.56 bits per heavy atom. The molecule has 0 bridgehead atoms. The molecule has 14 heteroatoms. The van der Waals surface area contributed by atoms with Gasteiger partial charge in [-0.3, -0.25) is 18.9 Å². The number of fused-ring (bicyclic) bond motifs is 1. The van der Waals surface area contributed by atoms with Gasteiger partial charge in [0.15, 0.2) is 17.4 Å². The fraction of sp³-hybridized carbons (Fsp3) is 0.545. The van der Waals surface area contributed by atoms with Gasteiger partial charge in [-0.15, -0.1) is 0 Å². The average molecular weight is 414 g/mol. The van der Waals surface area contributed by atoms with Crippen LogP contribution in [0.3, 0.4) is 0 Å². The molecule has 25 heavy (non-hydrogen) atoms. The maximum absolute atomic E-state index is 11.8. The normalized spacial score (nSPS) is 27.2. The first kappa shape index (κ1) is 18.6. The molecule has 4 atom stereocenters. The van der Waals surface area contributed by atoms with Gasteiger partial charge >= 0.3 is 6.07 Å². The summed E-state index contributed by atoms with van der Waals surface area (Å²) in [5, 5.41) is 10.5. The molecule has 1 aliphatic rings. The van der Waals surface area contributed by atoms with Crippen molar-refractivity contribution in [3.63, 3.8) is 0 Å². The van der Waals surface area contributed by atoms with Crippen LogP contribution in [0, 0.1) is 0 Å². The van der Waals surface area contributed by atoms with E-state index < -0.39 is 36.2 Å². The van der Waals surface area contributed by atoms with Gasteiger partial charge in [-0.25, -0.2) is 4.98 Å². The van der Waals surface area contributed by atoms with Gasteiger partial charge in [0.25, 0.3) is 5.56 Å². The number of ether oxygens (including phenoxy) is 2. The Hall–Kier alpha value is -1.20. The highest BCUT2D eigenvalue weighted by Gasteiger charge is 2.46. The van der Waals surface area contributed by atoms with Crippen LogP contribution in [0.5, 0.6) is 0 Å². The van der Waals surface area contributed by atoms with Crippen LogP contribution in [0.2, 0.25) is 0 Å². The number of aliphatic hydroxyl groups excluding tert-OH is 1. The predicted octanol–water partition coefficient (Wildman–Crippen LogP) is 0.577. The topological polar surface area (TPSA) is 155 Å². The number of anilines is 1. The summed E-state index contributed by atoms with van der Waals surface area (Å²) in [5.74, 6) is -0.111. The van der Waals surface area contributed by atoms with Gasteiger partial charge in [0.2, 0.25) is 5.95 Å². The second-order valence-corrected chi connectivity index (χ2v) is 9.52. The summed E-state index contributed by atoms with van der Waals surface area (Å²) in [4.78, 5) is 22.1. The van der Waals surface area contributed by atoms with Crippen LogP contribution in [0.15, 0.2) is 11.1 Å². The zero-order valence-corrected chi connectivity index (χ0v) is 15.1. The number of nitrogens with one attached hydrogen (secondary N) is 1. The van der Waals surface area contributed by atoms with Crippen LogP contribution in [0.1, 0.15) is 6.23 Å². The molecule has 138 valence electrons. The van der Waals surface area contributed by atoms with Gasteiger partial charge in [-0.05, 0) is 22.5 Å². The molecule has 2 aromatic heterocycles. The number of hydrogen-bond donors (Lipinski definition) is 3. The molecule has 1 saturated heterocycles. The first-order valence-corrected chi connectivity index (χ1v) is 10.4. The lowest BCUT2D eigenvalue weighted by molar-refractivity contribution is -0.0482. The van der Waals surface area contributed by atoms with Crippen molar-refractivity contribution in [3.8, 4) is 0 Å². The molecule has 0 saturated carbocycles. The fourth-order valence-electron chi connectivity index (χ4n) is 2.66. The largest absolute Gasteiger partial charge is 0.386 e. The molecule has 0 aromatic carbocycles. The first-order valence-electron chi connectivity index (χ1n) is 6.94. The van der Waals surface area contributed by atoms with E-state index in [-0.39, 0.29) is 23.7 Å². The molecule has 4 N–H and O–H groups in total. The van der Waals surface area contributed by atoms with E-state index in [0.29, 0.717) is 0 Å². The van der Waals surface area contributed by atoms with Gasteiger partial charge in [-0.2, -0.15) is 4.98 Å². The zero-order valence-electron chi connectivity index (χ0n) is 12.7. The fourth-order valence-corrected chi connectivity index (χ4v) is 3.32. The average Bonchev–Trinajstić information content (AvgIpc) is 3.05. The van der Waals surface area contributed by atoms with Gasteiger partial charge < -0.3 is 24.8 Å². The molecule has 0 spiro atoms. The maximum atomic E-state index is 11.8. The Balaban J connectivity index is 1.93. The third-order valence-electron chi connectivity index (χ3n) is 3.70. The van der Waals surface area contributed by atoms with Gasteiger partial charge in [0.05, 0.1) is 12.9 Å². The van der Waals surface area contributed by atoms with Crippen LogP contribution in [0.4, 0.5) is 5.95 Å². The second kappa shape index (κ2) is 6.84. The van der Waals surface area contributed by atoms with E-state index in [1.54, 1.807) is 0 Å². The summed E-state index contributed by atoms with van der Waals surface area (Å²) in [7, 11) is 1.36. The molecular formula is C11H14Cl2N5O6P. The summed E-state index contributed by atoms with van der Waals surface area (Å²) < 4.78 is 28.4. The van der Waals surface area contributed by atoms with Gasteiger partial charge in [-0.1, -0.05) is 0 Å². The molecule has 1 aliphatic heterocycles. The number of aromatic nitrogens is 4. The number of halogens is 2. The molecule has 3 rings (SSSR count). The van der Waals surface area contributed by atoms with Crippen LogP contribution in [-0.2, 0) is 18.6 Å². The molecule has 0 aliphatic carbocycles. The van der Waals surface area contributed by atoms with Crippen molar-refractivity contribution in [1.29, 1.82) is 0 Å². The number of aromatic amines is 1. The SMILES string of the molecule is CO[C@H]1[C@@H](O)[C@H](n2cnc3c(=O)[nH]c(N)nc32)O[C@@H]1COP(=O)(Cl)Cl. The Kier molecular flexibility index (Phi) is 5.09. The Morgan fingerprint density at radius 3 is 2.92 bits per heavy atom. The maximum Gasteiger partial charge on any atom is 0.380 e. The van der Waals surface area contributed by atoms with E-state index in [1.165, 1.54) is 18.0 Å². The van der Waals surface area contributed by atoms with Crippen molar-refractivity contribution >= 4 is 45.7 Å². The molecule has 0 amide bonds. The zero-order chi connectivity index (χ0) is 18.4. The number of aliphatic hydroxyl groups is 1. The third-order valence-corrected chi connectivity index (χ3v) is 4.73. The number of nitrogens with zero attached hydrogens (tertiary/aromatic N) is 3. The minimum Gasteiger partial charge on any atom is -0.386 e. The van der Waals surface area contributed by atoms with E-state index in [4.69, 9.17) is 42.2 Å². The molecule has 2 aromatic rings. The first-order chi connectivity index (χ1) is 11.7. The van der Waals surface area contributed by atoms with E-state index in [9.17, 15) is 14.5 Å². The quantitative estimate of drug-likeness (QED) is 0.596. The summed E-state index contributed by atoms with van der Waals surface area (Å²) >= 11 is 10.7. The standard InChI is InChI=1S/C11H14Cl2N5O6P/c1-22-7-4(2-23-25(12,13)21)24-10(6(7)19)18-3-15-5-8(18)16-11(14)17-9(5)20/h3-4,6-7,10,19H,2H2,1H3,(H3,14,16,17,20)/t4-,6-,7-,10-/m1/s1. The Labute approximate surface area is 150 Å². The summed E-state index contributed by atoms with van der Waals surface area (Å²) in [5.41, 5.74) is 5.18. The Morgan fingerprint density at radius 2 is 2.28 bits per heavy atom. The summed E-state index contributed by atoms with van der Waals surface area (Å²) in [6.45, 7) is -0.279. The number of imidazole rings is 1. The molecule has 1 fully saturated rings. The monoisotopic (exact) mass is 413 g/mol. The number of nitrogen functional groups attached to an aromatic ring is 1. The van der Waals surface area contributed by atoms with Crippen molar-refractivity contribution in [2.75, 3.05) is 19.5 Å². The highest BCUT2D eigenvalue weighted by atomic mass is 35.9. The number of nitrogens with two attached hydrogens (primary N) is 1. The van der Waals surface area contributed by atoms with E-state index in [1.807, 2.05) is 0 Å². The van der Waals surface area contributed by atoms with Crippen molar-refractivity contribution in [1.82, 2.24) is 19.5 Å². The highest BCUT2D eigenvalue weighted by molar-refractivity contribution is 8.05. The van der Waals surface area contributed by atoms with Gasteiger partial charge in [0.1, 0.15) is 18.3 Å². The van der Waals surface area contributed by atoms with Crippen LogP contribution >= 0.6 is 28.6 Å². The molecule has 11 nitrogen and oxygen atoms in total. The molecule has 0 radical (unpaired) electrons. The highest BCUT2D eigenvalue weighted by Crippen LogP contribution is 2.57. The summed E-state index contributed by atoms with van der Waals surface area (Å²) in [6, 6.07) is 0. The van der Waals surface area contributed by atoms with E-state index >= 15 is 0 Å². The van der Waals surface area contributed by atoms with E-state index in [2.05, 4.69) is 15.0 Å². The lowest BCUT2D eigenvalue weighted by Crippen LogP contribution is -2.35. The van der Waals surface area contributed by atoms with Crippen molar-refractivity contribution in [3.05, 3.63) is 16.7 Å². The predicted molar refractivity (Wildman–Crippen MR) is 88.5 cm³/mol. The second-order valence-electron chi connectivity index (χ2n) is 5.24. The number of rotatable bonds is 5. The molecule has 3 heterocycles. The van der Waals surface area contributed by atoms with E-state index in [0.717, 1.165) is 0 Å². The molecular weight excluding hydrogens is 400 g/mol. The minimum absolute atomic E-state index is 0.0321.